The predicted molar refractivity (Wildman–Crippen MR) is 93.9 cm³/mol. The number of nitrogens with zero attached hydrogens (tertiary/aromatic N) is 1. The number of Topliss-reactive ketones (excluding diaryl/α,β-unsaturated/α-hetero) is 1. The molecule has 0 spiro atoms. The Bertz CT molecular complexity index is 725. The average Bonchev–Trinajstić information content (AvgIpc) is 2.62. The molecule has 0 heterocycles. The number of carbonyl (C=O) groups excluding carboxylic acids is 2. The van der Waals surface area contributed by atoms with Crippen molar-refractivity contribution in [1.29, 1.82) is 0 Å². The van der Waals surface area contributed by atoms with Crippen LogP contribution in [0.3, 0.4) is 0 Å². The number of rotatable bonds is 8. The minimum Gasteiger partial charge on any atom is -0.478 e. The second-order valence-corrected chi connectivity index (χ2v) is 5.94. The quantitative estimate of drug-likeness (QED) is 0.380. The number of hydroxylamine groups is 1. The van der Waals surface area contributed by atoms with Crippen LogP contribution in [0.1, 0.15) is 38.8 Å². The lowest BCUT2D eigenvalue weighted by Gasteiger charge is -2.21. The van der Waals surface area contributed by atoms with E-state index in [0.717, 1.165) is 11.1 Å². The number of amides is 1. The maximum atomic E-state index is 11.6. The highest BCUT2D eigenvalue weighted by Gasteiger charge is 2.13. The van der Waals surface area contributed by atoms with Gasteiger partial charge in [-0.2, -0.15) is 0 Å². The Labute approximate surface area is 150 Å². The number of ketones is 1. The number of hydrogen-bond donors (Lipinski definition) is 3. The van der Waals surface area contributed by atoms with E-state index in [4.69, 9.17) is 10.3 Å². The zero-order valence-corrected chi connectivity index (χ0v) is 14.3. The van der Waals surface area contributed by atoms with Crippen LogP contribution in [-0.2, 0) is 17.9 Å². The van der Waals surface area contributed by atoms with E-state index >= 15 is 0 Å². The van der Waals surface area contributed by atoms with Gasteiger partial charge in [0, 0.05) is 18.7 Å². The Balaban J connectivity index is 2.13. The van der Waals surface area contributed by atoms with Crippen molar-refractivity contribution >= 4 is 17.7 Å². The van der Waals surface area contributed by atoms with E-state index in [-0.39, 0.29) is 17.9 Å². The molecule has 0 aliphatic rings. The Morgan fingerprint density at radius 1 is 0.885 bits per heavy atom. The van der Waals surface area contributed by atoms with Crippen LogP contribution in [-0.4, -0.2) is 39.4 Å². The van der Waals surface area contributed by atoms with Crippen molar-refractivity contribution in [3.05, 3.63) is 70.8 Å². The third-order valence-corrected chi connectivity index (χ3v) is 3.87. The van der Waals surface area contributed by atoms with Gasteiger partial charge in [-0.3, -0.25) is 19.7 Å². The number of carboxylic acids is 1. The normalized spacial score (nSPS) is 10.6. The van der Waals surface area contributed by atoms with Crippen LogP contribution in [0.2, 0.25) is 0 Å². The molecule has 136 valence electrons. The Morgan fingerprint density at radius 3 is 1.73 bits per heavy atom. The zero-order chi connectivity index (χ0) is 19.1. The topological polar surface area (TPSA) is 107 Å². The minimum absolute atomic E-state index is 0.0217. The Hall–Kier alpha value is -3.03. The van der Waals surface area contributed by atoms with Gasteiger partial charge in [0.05, 0.1) is 12.1 Å². The lowest BCUT2D eigenvalue weighted by molar-refractivity contribution is -0.130. The third kappa shape index (κ3) is 5.51. The molecule has 3 N–H and O–H groups in total. The second kappa shape index (κ2) is 8.89. The number of hydrogen-bond acceptors (Lipinski definition) is 5. The first-order chi connectivity index (χ1) is 12.4. The fourth-order valence-corrected chi connectivity index (χ4v) is 2.52. The van der Waals surface area contributed by atoms with Crippen LogP contribution in [0.5, 0.6) is 0 Å². The largest absolute Gasteiger partial charge is 0.478 e. The Kier molecular flexibility index (Phi) is 6.60. The van der Waals surface area contributed by atoms with Gasteiger partial charge < -0.3 is 5.11 Å². The van der Waals surface area contributed by atoms with Gasteiger partial charge in [-0.1, -0.05) is 36.4 Å². The van der Waals surface area contributed by atoms with Gasteiger partial charge >= 0.3 is 5.97 Å². The molecule has 0 aliphatic carbocycles. The Morgan fingerprint density at radius 2 is 1.35 bits per heavy atom. The lowest BCUT2D eigenvalue weighted by atomic mass is 10.1. The van der Waals surface area contributed by atoms with Crippen LogP contribution in [0.25, 0.3) is 0 Å². The molecule has 7 heteroatoms. The van der Waals surface area contributed by atoms with Crippen molar-refractivity contribution in [2.24, 2.45) is 0 Å². The maximum absolute atomic E-state index is 11.6. The molecule has 2 rings (SSSR count). The summed E-state index contributed by atoms with van der Waals surface area (Å²) in [7, 11) is 0. The molecule has 0 saturated heterocycles. The van der Waals surface area contributed by atoms with Gasteiger partial charge in [-0.05, 0) is 30.2 Å². The molecule has 7 nitrogen and oxygen atoms in total. The van der Waals surface area contributed by atoms with Gasteiger partial charge in [0.25, 0.3) is 5.91 Å². The highest BCUT2D eigenvalue weighted by Crippen LogP contribution is 2.13. The number of benzene rings is 2. The molecule has 0 fully saturated rings. The van der Waals surface area contributed by atoms with E-state index in [9.17, 15) is 14.4 Å². The molecule has 0 radical (unpaired) electrons. The van der Waals surface area contributed by atoms with Crippen LogP contribution >= 0.6 is 0 Å². The van der Waals surface area contributed by atoms with Crippen LogP contribution in [0, 0.1) is 0 Å². The first-order valence-electron chi connectivity index (χ1n) is 7.96. The molecular formula is C19H20N2O5. The molecule has 0 unspecified atom stereocenters. The van der Waals surface area contributed by atoms with Crippen molar-refractivity contribution in [2.75, 3.05) is 6.54 Å². The maximum Gasteiger partial charge on any atom is 0.335 e. The summed E-state index contributed by atoms with van der Waals surface area (Å²) in [6, 6.07) is 13.5. The number of aromatic carboxylic acids is 1. The standard InChI is InChI=1S/C19H20N2O5/c1-13(22)16-6-2-14(3-7-16)10-21(12-18(23)20-26)11-15-4-8-17(9-5-15)19(24)25/h2-9,26H,10-12H2,1H3,(H,20,23)(H,24,25). The van der Waals surface area contributed by atoms with Crippen molar-refractivity contribution in [3.8, 4) is 0 Å². The summed E-state index contributed by atoms with van der Waals surface area (Å²) in [6.45, 7) is 2.27. The molecule has 0 saturated carbocycles. The van der Waals surface area contributed by atoms with E-state index in [1.807, 2.05) is 12.1 Å². The van der Waals surface area contributed by atoms with E-state index in [1.165, 1.54) is 19.1 Å². The highest BCUT2D eigenvalue weighted by atomic mass is 16.5. The minimum atomic E-state index is -1.00. The molecule has 0 aliphatic heterocycles. The summed E-state index contributed by atoms with van der Waals surface area (Å²) < 4.78 is 0. The number of carboxylic acid groups (broad SMARTS) is 1. The highest BCUT2D eigenvalue weighted by molar-refractivity contribution is 5.94. The lowest BCUT2D eigenvalue weighted by Crippen LogP contribution is -2.35. The van der Waals surface area contributed by atoms with Gasteiger partial charge in [0.2, 0.25) is 0 Å². The molecule has 2 aromatic carbocycles. The molecule has 0 atom stereocenters. The molecule has 0 aromatic heterocycles. The summed E-state index contributed by atoms with van der Waals surface area (Å²) in [5, 5.41) is 17.7. The van der Waals surface area contributed by atoms with E-state index in [1.54, 1.807) is 34.6 Å². The van der Waals surface area contributed by atoms with Crippen molar-refractivity contribution in [3.63, 3.8) is 0 Å². The third-order valence-electron chi connectivity index (χ3n) is 3.87. The second-order valence-electron chi connectivity index (χ2n) is 5.94. The summed E-state index contributed by atoms with van der Waals surface area (Å²) in [5.74, 6) is -1.57. The summed E-state index contributed by atoms with van der Waals surface area (Å²) >= 11 is 0. The van der Waals surface area contributed by atoms with Crippen molar-refractivity contribution in [2.45, 2.75) is 20.0 Å². The molecule has 0 bridgehead atoms. The zero-order valence-electron chi connectivity index (χ0n) is 14.3. The molecule has 1 amide bonds. The van der Waals surface area contributed by atoms with Gasteiger partial charge in [-0.15, -0.1) is 0 Å². The number of nitrogens with one attached hydrogen (secondary N) is 1. The smallest absolute Gasteiger partial charge is 0.335 e. The molecule has 26 heavy (non-hydrogen) atoms. The van der Waals surface area contributed by atoms with Gasteiger partial charge in [-0.25, -0.2) is 10.3 Å². The van der Waals surface area contributed by atoms with Gasteiger partial charge in [0.15, 0.2) is 5.78 Å². The fraction of sp³-hybridized carbons (Fsp3) is 0.211. The summed E-state index contributed by atoms with van der Waals surface area (Å²) in [5.41, 5.74) is 4.15. The van der Waals surface area contributed by atoms with Crippen molar-refractivity contribution < 1.29 is 24.7 Å². The molecule has 2 aromatic rings. The summed E-state index contributed by atoms with van der Waals surface area (Å²) in [4.78, 5) is 35.6. The average molecular weight is 356 g/mol. The van der Waals surface area contributed by atoms with Crippen molar-refractivity contribution in [1.82, 2.24) is 10.4 Å². The fourth-order valence-electron chi connectivity index (χ4n) is 2.52. The monoisotopic (exact) mass is 356 g/mol. The SMILES string of the molecule is CC(=O)c1ccc(CN(CC(=O)NO)Cc2ccc(C(=O)O)cc2)cc1. The summed E-state index contributed by atoms with van der Waals surface area (Å²) in [6.07, 6.45) is 0. The predicted octanol–water partition coefficient (Wildman–Crippen LogP) is 2.09. The van der Waals surface area contributed by atoms with Crippen LogP contribution in [0.4, 0.5) is 0 Å². The first kappa shape index (κ1) is 19.3. The van der Waals surface area contributed by atoms with E-state index in [0.29, 0.717) is 18.7 Å². The van der Waals surface area contributed by atoms with Crippen LogP contribution < -0.4 is 5.48 Å². The van der Waals surface area contributed by atoms with Crippen LogP contribution in [0.15, 0.2) is 48.5 Å². The van der Waals surface area contributed by atoms with Gasteiger partial charge in [0.1, 0.15) is 0 Å². The first-order valence-corrected chi connectivity index (χ1v) is 7.96. The van der Waals surface area contributed by atoms with E-state index < -0.39 is 11.9 Å². The van der Waals surface area contributed by atoms with E-state index in [2.05, 4.69) is 0 Å². The molecular weight excluding hydrogens is 336 g/mol. The number of carbonyl (C=O) groups is 3.